The molecule has 1 aromatic carbocycles. The maximum absolute atomic E-state index is 13.1. The fourth-order valence-electron chi connectivity index (χ4n) is 3.41. The first-order valence-corrected chi connectivity index (χ1v) is 8.94. The molecule has 1 heterocycles. The summed E-state index contributed by atoms with van der Waals surface area (Å²) in [5, 5.41) is 2.60. The molecule has 26 heavy (non-hydrogen) atoms. The van der Waals surface area contributed by atoms with Crippen LogP contribution in [0.4, 0.5) is 13.2 Å². The lowest BCUT2D eigenvalue weighted by Crippen LogP contribution is -2.41. The second-order valence-corrected chi connectivity index (χ2v) is 6.77. The van der Waals surface area contributed by atoms with Crippen molar-refractivity contribution in [3.63, 3.8) is 0 Å². The van der Waals surface area contributed by atoms with E-state index in [1.54, 1.807) is 11.0 Å². The standard InChI is InChI=1S/C19H25F3N2O2/c1-14(25)23-11-10-18(26)24-12-4-5-15(13-24)8-9-16-6-2-3-7-17(16)19(20,21)22/h2-3,6-7,15H,4-5,8-13H2,1H3,(H,23,25)/t15-/m0/s1. The van der Waals surface area contributed by atoms with Crippen LogP contribution in [0.2, 0.25) is 0 Å². The topological polar surface area (TPSA) is 49.4 Å². The van der Waals surface area contributed by atoms with E-state index in [0.29, 0.717) is 38.0 Å². The number of halogens is 3. The highest BCUT2D eigenvalue weighted by atomic mass is 19.4. The van der Waals surface area contributed by atoms with Gasteiger partial charge in [0, 0.05) is 33.0 Å². The van der Waals surface area contributed by atoms with E-state index in [0.717, 1.165) is 18.9 Å². The average Bonchev–Trinajstić information content (AvgIpc) is 2.59. The van der Waals surface area contributed by atoms with E-state index in [9.17, 15) is 22.8 Å². The summed E-state index contributed by atoms with van der Waals surface area (Å²) in [6.07, 6.45) is -1.32. The molecule has 0 radical (unpaired) electrons. The van der Waals surface area contributed by atoms with Gasteiger partial charge in [-0.25, -0.2) is 0 Å². The van der Waals surface area contributed by atoms with Crippen molar-refractivity contribution < 1.29 is 22.8 Å². The van der Waals surface area contributed by atoms with Gasteiger partial charge in [-0.1, -0.05) is 18.2 Å². The quantitative estimate of drug-likeness (QED) is 0.834. The third-order valence-corrected chi connectivity index (χ3v) is 4.73. The van der Waals surface area contributed by atoms with E-state index in [1.165, 1.54) is 19.1 Å². The summed E-state index contributed by atoms with van der Waals surface area (Å²) in [7, 11) is 0. The number of aryl methyl sites for hydroxylation is 1. The molecule has 0 aliphatic carbocycles. The van der Waals surface area contributed by atoms with Gasteiger partial charge >= 0.3 is 6.18 Å². The molecule has 1 aliphatic heterocycles. The van der Waals surface area contributed by atoms with Crippen LogP contribution in [0, 0.1) is 5.92 Å². The molecular weight excluding hydrogens is 345 g/mol. The normalized spacial score (nSPS) is 17.8. The molecule has 1 atom stereocenters. The number of nitrogens with one attached hydrogen (secondary N) is 1. The van der Waals surface area contributed by atoms with Crippen molar-refractivity contribution in [2.24, 2.45) is 5.92 Å². The Hall–Kier alpha value is -2.05. The van der Waals surface area contributed by atoms with E-state index in [-0.39, 0.29) is 24.2 Å². The van der Waals surface area contributed by atoms with Crippen LogP contribution in [-0.4, -0.2) is 36.3 Å². The van der Waals surface area contributed by atoms with Gasteiger partial charge in [0.2, 0.25) is 11.8 Å². The number of benzene rings is 1. The number of amides is 2. The summed E-state index contributed by atoms with van der Waals surface area (Å²) in [6.45, 7) is 2.97. The van der Waals surface area contributed by atoms with Crippen LogP contribution in [0.1, 0.15) is 43.7 Å². The minimum atomic E-state index is -4.34. The van der Waals surface area contributed by atoms with Gasteiger partial charge in [0.05, 0.1) is 5.56 Å². The van der Waals surface area contributed by atoms with Crippen molar-refractivity contribution in [2.75, 3.05) is 19.6 Å². The monoisotopic (exact) mass is 370 g/mol. The highest BCUT2D eigenvalue weighted by Gasteiger charge is 2.33. The summed E-state index contributed by atoms with van der Waals surface area (Å²) in [5.41, 5.74) is -0.256. The summed E-state index contributed by atoms with van der Waals surface area (Å²) in [5.74, 6) is 0.0200. The van der Waals surface area contributed by atoms with Gasteiger partial charge in [-0.3, -0.25) is 9.59 Å². The molecule has 1 fully saturated rings. The summed E-state index contributed by atoms with van der Waals surface area (Å²) in [6, 6.07) is 5.68. The van der Waals surface area contributed by atoms with Crippen LogP contribution in [0.5, 0.6) is 0 Å². The van der Waals surface area contributed by atoms with Crippen molar-refractivity contribution in [2.45, 2.75) is 45.2 Å². The van der Waals surface area contributed by atoms with Gasteiger partial charge < -0.3 is 10.2 Å². The van der Waals surface area contributed by atoms with Crippen LogP contribution >= 0.6 is 0 Å². The first kappa shape index (κ1) is 20.3. The van der Waals surface area contributed by atoms with Crippen LogP contribution < -0.4 is 5.32 Å². The Kier molecular flexibility index (Phi) is 7.06. The average molecular weight is 370 g/mol. The maximum Gasteiger partial charge on any atom is 0.416 e. The number of likely N-dealkylation sites (tertiary alicyclic amines) is 1. The lowest BCUT2D eigenvalue weighted by Gasteiger charge is -2.33. The SMILES string of the molecule is CC(=O)NCCC(=O)N1CCC[C@@H](CCc2ccccc2C(F)(F)F)C1. The van der Waals surface area contributed by atoms with Crippen LogP contribution in [-0.2, 0) is 22.2 Å². The smallest absolute Gasteiger partial charge is 0.356 e. The van der Waals surface area contributed by atoms with Gasteiger partial charge in [0.25, 0.3) is 0 Å². The Morgan fingerprint density at radius 1 is 1.27 bits per heavy atom. The molecule has 0 unspecified atom stereocenters. The van der Waals surface area contributed by atoms with Crippen molar-refractivity contribution in [1.29, 1.82) is 0 Å². The molecule has 0 bridgehead atoms. The molecule has 1 saturated heterocycles. The Balaban J connectivity index is 1.87. The summed E-state index contributed by atoms with van der Waals surface area (Å²) >= 11 is 0. The molecular formula is C19H25F3N2O2. The highest BCUT2D eigenvalue weighted by Crippen LogP contribution is 2.33. The summed E-state index contributed by atoms with van der Waals surface area (Å²) < 4.78 is 39.2. The van der Waals surface area contributed by atoms with E-state index in [4.69, 9.17) is 0 Å². The zero-order valence-corrected chi connectivity index (χ0v) is 14.9. The molecule has 1 N–H and O–H groups in total. The highest BCUT2D eigenvalue weighted by molar-refractivity contribution is 5.78. The van der Waals surface area contributed by atoms with E-state index in [2.05, 4.69) is 5.32 Å². The number of piperidine rings is 1. The molecule has 7 heteroatoms. The second kappa shape index (κ2) is 9.05. The molecule has 0 spiro atoms. The Bertz CT molecular complexity index is 631. The molecule has 0 saturated carbocycles. The predicted molar refractivity (Wildman–Crippen MR) is 92.4 cm³/mol. The van der Waals surface area contributed by atoms with Gasteiger partial charge in [0.1, 0.15) is 0 Å². The Morgan fingerprint density at radius 3 is 2.69 bits per heavy atom. The second-order valence-electron chi connectivity index (χ2n) is 6.77. The molecule has 1 aromatic rings. The van der Waals surface area contributed by atoms with Gasteiger partial charge in [-0.05, 0) is 43.2 Å². The number of hydrogen-bond donors (Lipinski definition) is 1. The molecule has 2 amide bonds. The largest absolute Gasteiger partial charge is 0.416 e. The van der Waals surface area contributed by atoms with Crippen molar-refractivity contribution >= 4 is 11.8 Å². The number of alkyl halides is 3. The minimum Gasteiger partial charge on any atom is -0.356 e. The number of rotatable bonds is 6. The van der Waals surface area contributed by atoms with Crippen molar-refractivity contribution in [1.82, 2.24) is 10.2 Å². The molecule has 144 valence electrons. The number of carbonyl (C=O) groups excluding carboxylic acids is 2. The molecule has 4 nitrogen and oxygen atoms in total. The van der Waals surface area contributed by atoms with Crippen LogP contribution in [0.25, 0.3) is 0 Å². The maximum atomic E-state index is 13.1. The van der Waals surface area contributed by atoms with E-state index in [1.807, 2.05) is 0 Å². The zero-order chi connectivity index (χ0) is 19.2. The third-order valence-electron chi connectivity index (χ3n) is 4.73. The number of carbonyl (C=O) groups is 2. The molecule has 2 rings (SSSR count). The van der Waals surface area contributed by atoms with Crippen LogP contribution in [0.3, 0.4) is 0 Å². The zero-order valence-electron chi connectivity index (χ0n) is 14.9. The van der Waals surface area contributed by atoms with E-state index < -0.39 is 11.7 Å². The fraction of sp³-hybridized carbons (Fsp3) is 0.579. The predicted octanol–water partition coefficient (Wildman–Crippen LogP) is 3.40. The molecule has 1 aliphatic rings. The van der Waals surface area contributed by atoms with Crippen molar-refractivity contribution in [3.8, 4) is 0 Å². The van der Waals surface area contributed by atoms with Gasteiger partial charge in [-0.2, -0.15) is 13.2 Å². The van der Waals surface area contributed by atoms with Gasteiger partial charge in [0.15, 0.2) is 0 Å². The third kappa shape index (κ3) is 6.04. The lowest BCUT2D eigenvalue weighted by atomic mass is 9.90. The fourth-order valence-corrected chi connectivity index (χ4v) is 3.41. The van der Waals surface area contributed by atoms with Crippen LogP contribution in [0.15, 0.2) is 24.3 Å². The molecule has 0 aromatic heterocycles. The first-order chi connectivity index (χ1) is 12.3. The Morgan fingerprint density at radius 2 is 2.00 bits per heavy atom. The lowest BCUT2D eigenvalue weighted by molar-refractivity contribution is -0.138. The van der Waals surface area contributed by atoms with Crippen molar-refractivity contribution in [3.05, 3.63) is 35.4 Å². The van der Waals surface area contributed by atoms with Gasteiger partial charge in [-0.15, -0.1) is 0 Å². The first-order valence-electron chi connectivity index (χ1n) is 8.94. The minimum absolute atomic E-state index is 0.0147. The Labute approximate surface area is 151 Å². The number of hydrogen-bond acceptors (Lipinski definition) is 2. The van der Waals surface area contributed by atoms with E-state index >= 15 is 0 Å². The number of nitrogens with zero attached hydrogens (tertiary/aromatic N) is 1. The summed E-state index contributed by atoms with van der Waals surface area (Å²) in [4.78, 5) is 24.8.